The first kappa shape index (κ1) is 18.6. The highest BCUT2D eigenvalue weighted by molar-refractivity contribution is 5.90. The van der Waals surface area contributed by atoms with E-state index in [1.807, 2.05) is 37.4 Å². The SMILES string of the molecule is CC1=CN=C(N2CCC(Nc3ncccn3)CC2)N/C1=C(\C#N)c1ccccn1. The molecule has 4 rings (SSSR count). The number of nitrogens with zero attached hydrogens (tertiary/aromatic N) is 6. The second-order valence-corrected chi connectivity index (χ2v) is 6.94. The molecule has 2 aromatic rings. The third-order valence-electron chi connectivity index (χ3n) is 4.99. The Morgan fingerprint density at radius 3 is 2.59 bits per heavy atom. The maximum atomic E-state index is 9.73. The highest BCUT2D eigenvalue weighted by atomic mass is 15.3. The van der Waals surface area contributed by atoms with Crippen LogP contribution in [0, 0.1) is 11.3 Å². The maximum Gasteiger partial charge on any atom is 0.222 e. The molecule has 0 unspecified atom stereocenters. The summed E-state index contributed by atoms with van der Waals surface area (Å²) in [6.07, 6.45) is 8.88. The van der Waals surface area contributed by atoms with Crippen LogP contribution >= 0.6 is 0 Å². The summed E-state index contributed by atoms with van der Waals surface area (Å²) in [4.78, 5) is 19.6. The molecule has 0 radical (unpaired) electrons. The molecule has 1 saturated heterocycles. The molecule has 4 heterocycles. The fraction of sp³-hybridized carbons (Fsp3) is 0.286. The van der Waals surface area contributed by atoms with Crippen LogP contribution < -0.4 is 10.6 Å². The summed E-state index contributed by atoms with van der Waals surface area (Å²) in [7, 11) is 0. The Labute approximate surface area is 169 Å². The zero-order chi connectivity index (χ0) is 20.1. The van der Waals surface area contributed by atoms with Crippen LogP contribution in [0.15, 0.2) is 65.3 Å². The topological polar surface area (TPSA) is 102 Å². The van der Waals surface area contributed by atoms with E-state index in [2.05, 4.69) is 41.5 Å². The van der Waals surface area contributed by atoms with Gasteiger partial charge in [-0.2, -0.15) is 5.26 Å². The fourth-order valence-corrected chi connectivity index (χ4v) is 3.43. The number of hydrogen-bond acceptors (Lipinski definition) is 8. The number of allylic oxidation sites excluding steroid dienone is 2. The number of rotatable bonds is 3. The first-order chi connectivity index (χ1) is 14.2. The molecule has 2 aromatic heterocycles. The standard InChI is InChI=1S/C21H22N8/c1-15-14-26-21(28-19(15)17(13-22)18-5-2-3-8-23-18)29-11-6-16(7-12-29)27-20-24-9-4-10-25-20/h2-5,8-10,14,16H,6-7,11-12H2,1H3,(H,26,28)(H,24,25,27)/b19-17+. The predicted molar refractivity (Wildman–Crippen MR) is 111 cm³/mol. The second-order valence-electron chi connectivity index (χ2n) is 6.94. The molecule has 0 saturated carbocycles. The Morgan fingerprint density at radius 2 is 1.90 bits per heavy atom. The van der Waals surface area contributed by atoms with Gasteiger partial charge in [-0.15, -0.1) is 0 Å². The molecule has 2 aliphatic heterocycles. The summed E-state index contributed by atoms with van der Waals surface area (Å²) >= 11 is 0. The van der Waals surface area contributed by atoms with Gasteiger partial charge >= 0.3 is 0 Å². The third-order valence-corrected chi connectivity index (χ3v) is 4.99. The minimum absolute atomic E-state index is 0.327. The Kier molecular flexibility index (Phi) is 5.47. The van der Waals surface area contributed by atoms with E-state index in [0.29, 0.717) is 23.3 Å². The van der Waals surface area contributed by atoms with Crippen molar-refractivity contribution in [1.82, 2.24) is 25.2 Å². The molecule has 8 nitrogen and oxygen atoms in total. The molecule has 2 aliphatic rings. The molecular formula is C21H22N8. The van der Waals surface area contributed by atoms with Gasteiger partial charge in [-0.25, -0.2) is 15.0 Å². The van der Waals surface area contributed by atoms with Gasteiger partial charge in [0.2, 0.25) is 11.9 Å². The van der Waals surface area contributed by atoms with Crippen LogP contribution in [0.1, 0.15) is 25.5 Å². The lowest BCUT2D eigenvalue weighted by molar-refractivity contribution is 0.316. The predicted octanol–water partition coefficient (Wildman–Crippen LogP) is 2.55. The van der Waals surface area contributed by atoms with Crippen molar-refractivity contribution in [3.8, 4) is 6.07 Å². The second kappa shape index (κ2) is 8.52. The van der Waals surface area contributed by atoms with Crippen LogP contribution in [0.5, 0.6) is 0 Å². The average molecular weight is 386 g/mol. The van der Waals surface area contributed by atoms with Gasteiger partial charge in [0.05, 0.1) is 11.4 Å². The molecule has 0 aliphatic carbocycles. The molecule has 0 amide bonds. The normalized spacial score (nSPS) is 18.8. The smallest absolute Gasteiger partial charge is 0.222 e. The summed E-state index contributed by atoms with van der Waals surface area (Å²) in [6.45, 7) is 3.64. The van der Waals surface area contributed by atoms with E-state index in [9.17, 15) is 5.26 Å². The minimum atomic E-state index is 0.327. The largest absolute Gasteiger partial charge is 0.351 e. The quantitative estimate of drug-likeness (QED) is 0.782. The molecule has 0 bridgehead atoms. The Bertz CT molecular complexity index is 980. The zero-order valence-electron chi connectivity index (χ0n) is 16.2. The number of nitrogens with one attached hydrogen (secondary N) is 2. The van der Waals surface area contributed by atoms with Crippen molar-refractivity contribution in [2.24, 2.45) is 4.99 Å². The number of likely N-dealkylation sites (tertiary alicyclic amines) is 1. The Morgan fingerprint density at radius 1 is 1.14 bits per heavy atom. The lowest BCUT2D eigenvalue weighted by Crippen LogP contribution is -2.48. The molecule has 2 N–H and O–H groups in total. The fourth-order valence-electron chi connectivity index (χ4n) is 3.43. The van der Waals surface area contributed by atoms with Gasteiger partial charge in [-0.1, -0.05) is 6.07 Å². The molecule has 1 fully saturated rings. The van der Waals surface area contributed by atoms with Crippen LogP contribution in [0.3, 0.4) is 0 Å². The van der Waals surface area contributed by atoms with Crippen LogP contribution in [0.2, 0.25) is 0 Å². The minimum Gasteiger partial charge on any atom is -0.351 e. The lowest BCUT2D eigenvalue weighted by Gasteiger charge is -2.35. The van der Waals surface area contributed by atoms with Gasteiger partial charge in [0.15, 0.2) is 0 Å². The number of guanidine groups is 1. The molecule has 0 spiro atoms. The number of anilines is 1. The molecule has 29 heavy (non-hydrogen) atoms. The summed E-state index contributed by atoms with van der Waals surface area (Å²) in [5, 5.41) is 16.5. The highest BCUT2D eigenvalue weighted by Crippen LogP contribution is 2.23. The van der Waals surface area contributed by atoms with Crippen LogP contribution in [-0.2, 0) is 0 Å². The number of hydrogen-bond donors (Lipinski definition) is 2. The average Bonchev–Trinajstić information content (AvgIpc) is 2.78. The summed E-state index contributed by atoms with van der Waals surface area (Å²) in [5.74, 6) is 1.43. The van der Waals surface area contributed by atoms with Gasteiger partial charge in [-0.05, 0) is 43.5 Å². The van der Waals surface area contributed by atoms with Gasteiger partial charge in [0.25, 0.3) is 0 Å². The van der Waals surface area contributed by atoms with Crippen molar-refractivity contribution < 1.29 is 0 Å². The number of pyridine rings is 1. The van der Waals surface area contributed by atoms with Crippen molar-refractivity contribution in [3.63, 3.8) is 0 Å². The Balaban J connectivity index is 1.45. The van der Waals surface area contributed by atoms with Crippen LogP contribution in [-0.4, -0.2) is 44.9 Å². The van der Waals surface area contributed by atoms with Crippen molar-refractivity contribution in [2.45, 2.75) is 25.8 Å². The van der Waals surface area contributed by atoms with E-state index in [1.54, 1.807) is 18.6 Å². The van der Waals surface area contributed by atoms with Crippen molar-refractivity contribution in [2.75, 3.05) is 18.4 Å². The Hall–Kier alpha value is -3.73. The molecule has 8 heteroatoms. The summed E-state index contributed by atoms with van der Waals surface area (Å²) in [5.41, 5.74) is 2.84. The van der Waals surface area contributed by atoms with Crippen LogP contribution in [0.4, 0.5) is 5.95 Å². The van der Waals surface area contributed by atoms with Crippen molar-refractivity contribution in [1.29, 1.82) is 5.26 Å². The maximum absolute atomic E-state index is 9.73. The number of aliphatic imine (C=N–C) groups is 1. The number of aromatic nitrogens is 3. The lowest BCUT2D eigenvalue weighted by atomic mass is 10.0. The van der Waals surface area contributed by atoms with E-state index in [0.717, 1.165) is 43.2 Å². The highest BCUT2D eigenvalue weighted by Gasteiger charge is 2.25. The van der Waals surface area contributed by atoms with Gasteiger partial charge in [-0.3, -0.25) is 4.98 Å². The van der Waals surface area contributed by atoms with Gasteiger partial charge in [0.1, 0.15) is 11.6 Å². The van der Waals surface area contributed by atoms with E-state index in [-0.39, 0.29) is 0 Å². The van der Waals surface area contributed by atoms with Crippen molar-refractivity contribution in [3.05, 3.63) is 66.0 Å². The van der Waals surface area contributed by atoms with Gasteiger partial charge < -0.3 is 15.5 Å². The third kappa shape index (κ3) is 4.24. The molecule has 0 aromatic carbocycles. The van der Waals surface area contributed by atoms with Gasteiger partial charge in [0, 0.05) is 43.9 Å². The monoisotopic (exact) mass is 386 g/mol. The molecular weight excluding hydrogens is 364 g/mol. The number of piperidine rings is 1. The van der Waals surface area contributed by atoms with E-state index in [4.69, 9.17) is 0 Å². The summed E-state index contributed by atoms with van der Waals surface area (Å²) in [6, 6.07) is 9.99. The van der Waals surface area contributed by atoms with Crippen molar-refractivity contribution >= 4 is 17.5 Å². The zero-order valence-corrected chi connectivity index (χ0v) is 16.2. The summed E-state index contributed by atoms with van der Waals surface area (Å²) < 4.78 is 0. The van der Waals surface area contributed by atoms with E-state index < -0.39 is 0 Å². The number of nitriles is 1. The molecule has 0 atom stereocenters. The van der Waals surface area contributed by atoms with E-state index in [1.165, 1.54) is 0 Å². The first-order valence-electron chi connectivity index (χ1n) is 9.61. The van der Waals surface area contributed by atoms with E-state index >= 15 is 0 Å². The first-order valence-corrected chi connectivity index (χ1v) is 9.61. The molecule has 146 valence electrons. The van der Waals surface area contributed by atoms with Crippen LogP contribution in [0.25, 0.3) is 5.57 Å².